The highest BCUT2D eigenvalue weighted by molar-refractivity contribution is 5.01. The van der Waals surface area contributed by atoms with Crippen molar-refractivity contribution in [2.45, 2.75) is 97.8 Å². The average Bonchev–Trinajstić information content (AvgIpc) is 2.56. The number of nitrogens with one attached hydrogen (secondary N) is 1. The Balaban J connectivity index is 2.88. The van der Waals surface area contributed by atoms with Gasteiger partial charge in [-0.1, -0.05) is 40.0 Å². The Morgan fingerprint density at radius 1 is 1.15 bits per heavy atom. The molecule has 3 atom stereocenters. The van der Waals surface area contributed by atoms with E-state index < -0.39 is 0 Å². The van der Waals surface area contributed by atoms with Crippen LogP contribution in [0.4, 0.5) is 0 Å². The van der Waals surface area contributed by atoms with Crippen LogP contribution in [0.3, 0.4) is 0 Å². The van der Waals surface area contributed by atoms with E-state index in [0.717, 1.165) is 12.5 Å². The molecule has 1 rings (SSSR count). The summed E-state index contributed by atoms with van der Waals surface area (Å²) in [5, 5.41) is 3.80. The van der Waals surface area contributed by atoms with E-state index in [-0.39, 0.29) is 11.2 Å². The molecular weight excluding hydrogens is 246 g/mol. The molecule has 0 radical (unpaired) electrons. The van der Waals surface area contributed by atoms with Crippen LogP contribution >= 0.6 is 0 Å². The molecule has 3 unspecified atom stereocenters. The minimum Gasteiger partial charge on any atom is -0.369 e. The normalized spacial score (nSPS) is 27.4. The summed E-state index contributed by atoms with van der Waals surface area (Å²) in [4.78, 5) is 0. The quantitative estimate of drug-likeness (QED) is 0.692. The number of rotatable bonds is 8. The molecule has 0 amide bonds. The molecule has 2 nitrogen and oxygen atoms in total. The van der Waals surface area contributed by atoms with Crippen molar-refractivity contribution in [2.24, 2.45) is 11.8 Å². The smallest absolute Gasteiger partial charge is 0.0677 e. The SMILES string of the molecule is CCCCC(CC)C(NCC)C1CC(C)(C)OC1(C)C. The Hall–Kier alpha value is -0.0800. The van der Waals surface area contributed by atoms with E-state index in [1.54, 1.807) is 0 Å². The molecule has 1 N–H and O–H groups in total. The predicted octanol–water partition coefficient (Wildman–Crippen LogP) is 4.77. The third-order valence-electron chi connectivity index (χ3n) is 4.98. The second-order valence-corrected chi connectivity index (χ2v) is 7.67. The van der Waals surface area contributed by atoms with Crippen LogP contribution in [0.25, 0.3) is 0 Å². The van der Waals surface area contributed by atoms with Crippen LogP contribution < -0.4 is 5.32 Å². The molecule has 0 aromatic rings. The third kappa shape index (κ3) is 4.46. The maximum Gasteiger partial charge on any atom is 0.0677 e. The summed E-state index contributed by atoms with van der Waals surface area (Å²) in [6.07, 6.45) is 6.42. The highest BCUT2D eigenvalue weighted by Crippen LogP contribution is 2.45. The zero-order chi connectivity index (χ0) is 15.4. The van der Waals surface area contributed by atoms with E-state index in [1.165, 1.54) is 32.1 Å². The molecule has 0 aromatic heterocycles. The van der Waals surface area contributed by atoms with E-state index in [0.29, 0.717) is 12.0 Å². The molecule has 0 saturated carbocycles. The summed E-state index contributed by atoms with van der Waals surface area (Å²) < 4.78 is 6.34. The van der Waals surface area contributed by atoms with Crippen molar-refractivity contribution in [2.75, 3.05) is 6.54 Å². The number of hydrogen-bond acceptors (Lipinski definition) is 2. The molecule has 0 aliphatic carbocycles. The average molecular weight is 284 g/mol. The molecule has 2 heteroatoms. The molecule has 0 aromatic carbocycles. The van der Waals surface area contributed by atoms with Crippen LogP contribution in [0.1, 0.15) is 80.6 Å². The maximum atomic E-state index is 6.34. The predicted molar refractivity (Wildman–Crippen MR) is 88.1 cm³/mol. The lowest BCUT2D eigenvalue weighted by molar-refractivity contribution is -0.0798. The topological polar surface area (TPSA) is 21.3 Å². The minimum absolute atomic E-state index is 0.0179. The minimum atomic E-state index is -0.0179. The lowest BCUT2D eigenvalue weighted by Crippen LogP contribution is -2.48. The van der Waals surface area contributed by atoms with Gasteiger partial charge >= 0.3 is 0 Å². The van der Waals surface area contributed by atoms with Crippen LogP contribution in [0, 0.1) is 11.8 Å². The molecule has 120 valence electrons. The molecule has 0 bridgehead atoms. The van der Waals surface area contributed by atoms with Crippen LogP contribution in [0.2, 0.25) is 0 Å². The Bertz CT molecular complexity index is 285. The fraction of sp³-hybridized carbons (Fsp3) is 1.00. The van der Waals surface area contributed by atoms with E-state index in [1.807, 2.05) is 0 Å². The summed E-state index contributed by atoms with van der Waals surface area (Å²) in [7, 11) is 0. The first-order valence-corrected chi connectivity index (χ1v) is 8.71. The van der Waals surface area contributed by atoms with Crippen LogP contribution in [0.15, 0.2) is 0 Å². The Morgan fingerprint density at radius 2 is 1.80 bits per heavy atom. The van der Waals surface area contributed by atoms with Crippen molar-refractivity contribution < 1.29 is 4.74 Å². The van der Waals surface area contributed by atoms with Crippen LogP contribution in [0.5, 0.6) is 0 Å². The largest absolute Gasteiger partial charge is 0.369 e. The molecule has 1 aliphatic rings. The first-order valence-electron chi connectivity index (χ1n) is 8.71. The molecular formula is C18H37NO. The fourth-order valence-electron chi connectivity index (χ4n) is 4.14. The van der Waals surface area contributed by atoms with Crippen LogP contribution in [-0.2, 0) is 4.74 Å². The molecule has 20 heavy (non-hydrogen) atoms. The fourth-order valence-corrected chi connectivity index (χ4v) is 4.14. The summed E-state index contributed by atoms with van der Waals surface area (Å²) in [5.41, 5.74) is 0.000850. The van der Waals surface area contributed by atoms with Gasteiger partial charge in [-0.25, -0.2) is 0 Å². The van der Waals surface area contributed by atoms with Gasteiger partial charge in [0.15, 0.2) is 0 Å². The van der Waals surface area contributed by atoms with E-state index >= 15 is 0 Å². The summed E-state index contributed by atoms with van der Waals surface area (Å²) in [6.45, 7) is 17.0. The lowest BCUT2D eigenvalue weighted by atomic mass is 9.74. The van der Waals surface area contributed by atoms with Crippen molar-refractivity contribution in [3.63, 3.8) is 0 Å². The molecule has 0 spiro atoms. The van der Waals surface area contributed by atoms with Gasteiger partial charge in [0, 0.05) is 12.0 Å². The zero-order valence-corrected chi connectivity index (χ0v) is 14.9. The van der Waals surface area contributed by atoms with Gasteiger partial charge in [0.1, 0.15) is 0 Å². The first kappa shape index (κ1) is 18.0. The van der Waals surface area contributed by atoms with Gasteiger partial charge in [0.25, 0.3) is 0 Å². The monoisotopic (exact) mass is 283 g/mol. The van der Waals surface area contributed by atoms with Crippen molar-refractivity contribution in [3.8, 4) is 0 Å². The zero-order valence-electron chi connectivity index (χ0n) is 14.9. The number of hydrogen-bond donors (Lipinski definition) is 1. The second kappa shape index (κ2) is 7.26. The van der Waals surface area contributed by atoms with Crippen molar-refractivity contribution in [3.05, 3.63) is 0 Å². The molecule has 1 fully saturated rings. The third-order valence-corrected chi connectivity index (χ3v) is 4.98. The molecule has 1 saturated heterocycles. The van der Waals surface area contributed by atoms with Crippen molar-refractivity contribution in [1.82, 2.24) is 5.32 Å². The Labute approximate surface area is 127 Å². The highest BCUT2D eigenvalue weighted by atomic mass is 16.5. The van der Waals surface area contributed by atoms with E-state index in [9.17, 15) is 0 Å². The van der Waals surface area contributed by atoms with Crippen molar-refractivity contribution >= 4 is 0 Å². The number of unbranched alkanes of at least 4 members (excludes halogenated alkanes) is 1. The van der Waals surface area contributed by atoms with Gasteiger partial charge in [-0.05, 0) is 53.0 Å². The Morgan fingerprint density at radius 3 is 2.20 bits per heavy atom. The van der Waals surface area contributed by atoms with Crippen molar-refractivity contribution in [1.29, 1.82) is 0 Å². The van der Waals surface area contributed by atoms with Gasteiger partial charge in [0.05, 0.1) is 11.2 Å². The standard InChI is InChI=1S/C18H37NO/c1-8-11-12-14(9-2)16(19-10-3)15-13-17(4,5)20-18(15,6)7/h14-16,19H,8-13H2,1-7H3. The van der Waals surface area contributed by atoms with Gasteiger partial charge in [-0.2, -0.15) is 0 Å². The first-order chi connectivity index (χ1) is 9.27. The van der Waals surface area contributed by atoms with Gasteiger partial charge < -0.3 is 10.1 Å². The molecule has 1 heterocycles. The summed E-state index contributed by atoms with van der Waals surface area (Å²) >= 11 is 0. The van der Waals surface area contributed by atoms with Gasteiger partial charge in [0.2, 0.25) is 0 Å². The van der Waals surface area contributed by atoms with E-state index in [4.69, 9.17) is 4.74 Å². The van der Waals surface area contributed by atoms with Gasteiger partial charge in [-0.3, -0.25) is 0 Å². The number of ether oxygens (including phenoxy) is 1. The second-order valence-electron chi connectivity index (χ2n) is 7.67. The summed E-state index contributed by atoms with van der Waals surface area (Å²) in [6, 6.07) is 0.591. The molecule has 1 aliphatic heterocycles. The maximum absolute atomic E-state index is 6.34. The van der Waals surface area contributed by atoms with E-state index in [2.05, 4.69) is 53.8 Å². The van der Waals surface area contributed by atoms with Crippen LogP contribution in [-0.4, -0.2) is 23.8 Å². The summed E-state index contributed by atoms with van der Waals surface area (Å²) in [5.74, 6) is 1.39. The Kier molecular flexibility index (Phi) is 6.53. The highest BCUT2D eigenvalue weighted by Gasteiger charge is 2.49. The lowest BCUT2D eigenvalue weighted by Gasteiger charge is -2.38. The van der Waals surface area contributed by atoms with Gasteiger partial charge in [-0.15, -0.1) is 0 Å².